The van der Waals surface area contributed by atoms with Gasteiger partial charge in [0, 0.05) is 17.3 Å². The van der Waals surface area contributed by atoms with Crippen LogP contribution in [-0.4, -0.2) is 24.3 Å². The number of aryl methyl sites for hydroxylation is 1. The molecule has 0 aliphatic heterocycles. The number of carbonyl (C=O) groups excluding carboxylic acids is 1. The number of benzene rings is 1. The van der Waals surface area contributed by atoms with Gasteiger partial charge in [-0.15, -0.1) is 0 Å². The highest BCUT2D eigenvalue weighted by Gasteiger charge is 2.14. The van der Waals surface area contributed by atoms with Gasteiger partial charge in [-0.25, -0.2) is 0 Å². The van der Waals surface area contributed by atoms with Crippen LogP contribution in [-0.2, 0) is 10.5 Å². The van der Waals surface area contributed by atoms with Crippen molar-refractivity contribution < 1.29 is 13.9 Å². The number of furan rings is 1. The lowest BCUT2D eigenvalue weighted by Crippen LogP contribution is -2.37. The Kier molecular flexibility index (Phi) is 6.86. The Labute approximate surface area is 145 Å². The molecule has 6 heteroatoms. The smallest absolute Gasteiger partial charge is 0.260 e. The van der Waals surface area contributed by atoms with E-state index in [0.717, 1.165) is 22.8 Å². The van der Waals surface area contributed by atoms with Crippen molar-refractivity contribution in [1.29, 1.82) is 0 Å². The molecule has 1 aromatic heterocycles. The van der Waals surface area contributed by atoms with Crippen molar-refractivity contribution in [2.45, 2.75) is 25.7 Å². The monoisotopic (exact) mass is 353 g/mol. The number of rotatable bonds is 8. The van der Waals surface area contributed by atoms with Crippen molar-refractivity contribution in [3.63, 3.8) is 0 Å². The Morgan fingerprint density at radius 1 is 1.43 bits per heavy atom. The van der Waals surface area contributed by atoms with Crippen LogP contribution in [0.25, 0.3) is 0 Å². The van der Waals surface area contributed by atoms with Crippen LogP contribution < -0.4 is 10.1 Å². The lowest BCUT2D eigenvalue weighted by atomic mass is 10.2. The van der Waals surface area contributed by atoms with Crippen molar-refractivity contribution in [3.8, 4) is 5.75 Å². The van der Waals surface area contributed by atoms with Crippen LogP contribution >= 0.6 is 23.4 Å². The second-order valence-electron chi connectivity index (χ2n) is 5.09. The minimum Gasteiger partial charge on any atom is -0.481 e. The summed E-state index contributed by atoms with van der Waals surface area (Å²) in [5.74, 6) is 3.08. The Morgan fingerprint density at radius 2 is 2.26 bits per heavy atom. The maximum Gasteiger partial charge on any atom is 0.260 e. The SMILES string of the molecule is Cc1cc(O[C@@H](C)C(=O)NCCSCc2ccco2)ccc1Cl. The number of thioether (sulfide) groups is 1. The van der Waals surface area contributed by atoms with Crippen LogP contribution in [0.15, 0.2) is 41.0 Å². The van der Waals surface area contributed by atoms with Crippen LogP contribution in [0.5, 0.6) is 5.75 Å². The fraction of sp³-hybridized carbons (Fsp3) is 0.353. The van der Waals surface area contributed by atoms with Crippen molar-refractivity contribution >= 4 is 29.3 Å². The zero-order valence-electron chi connectivity index (χ0n) is 13.2. The van der Waals surface area contributed by atoms with Crippen LogP contribution in [0.1, 0.15) is 18.2 Å². The standard InChI is InChI=1S/C17H20ClNO3S/c1-12-10-14(5-6-16(12)18)22-13(2)17(20)19-7-9-23-11-15-4-3-8-21-15/h3-6,8,10,13H,7,9,11H2,1-2H3,(H,19,20)/t13-/m0/s1. The molecule has 0 aliphatic carbocycles. The van der Waals surface area contributed by atoms with Crippen molar-refractivity contribution in [1.82, 2.24) is 5.32 Å². The third kappa shape index (κ3) is 5.84. The Hall–Kier alpha value is -1.59. The van der Waals surface area contributed by atoms with E-state index in [9.17, 15) is 4.79 Å². The van der Waals surface area contributed by atoms with Crippen LogP contribution in [0.4, 0.5) is 0 Å². The van der Waals surface area contributed by atoms with E-state index in [1.165, 1.54) is 0 Å². The van der Waals surface area contributed by atoms with Gasteiger partial charge in [0.1, 0.15) is 11.5 Å². The fourth-order valence-electron chi connectivity index (χ4n) is 1.91. The molecule has 0 saturated heterocycles. The van der Waals surface area contributed by atoms with Gasteiger partial charge in [0.25, 0.3) is 5.91 Å². The zero-order chi connectivity index (χ0) is 16.7. The highest BCUT2D eigenvalue weighted by atomic mass is 35.5. The summed E-state index contributed by atoms with van der Waals surface area (Å²) in [6.07, 6.45) is 1.11. The molecule has 1 atom stereocenters. The minimum atomic E-state index is -0.550. The molecule has 0 bridgehead atoms. The van der Waals surface area contributed by atoms with Gasteiger partial charge in [-0.1, -0.05) is 11.6 Å². The lowest BCUT2D eigenvalue weighted by Gasteiger charge is -2.15. The summed E-state index contributed by atoms with van der Waals surface area (Å²) in [7, 11) is 0. The Balaban J connectivity index is 1.67. The predicted octanol–water partition coefficient (Wildman–Crippen LogP) is 4.06. The molecule has 1 heterocycles. The third-order valence-corrected chi connectivity index (χ3v) is 4.59. The van der Waals surface area contributed by atoms with Crippen LogP contribution in [0, 0.1) is 6.92 Å². The summed E-state index contributed by atoms with van der Waals surface area (Å²) in [5, 5.41) is 3.55. The molecule has 1 amide bonds. The fourth-order valence-corrected chi connectivity index (χ4v) is 2.78. The van der Waals surface area contributed by atoms with E-state index in [0.29, 0.717) is 17.3 Å². The highest BCUT2D eigenvalue weighted by Crippen LogP contribution is 2.21. The predicted molar refractivity (Wildman–Crippen MR) is 94.2 cm³/mol. The molecule has 0 fully saturated rings. The van der Waals surface area contributed by atoms with E-state index >= 15 is 0 Å². The summed E-state index contributed by atoms with van der Waals surface area (Å²) in [6.45, 7) is 4.23. The highest BCUT2D eigenvalue weighted by molar-refractivity contribution is 7.98. The quantitative estimate of drug-likeness (QED) is 0.727. The van der Waals surface area contributed by atoms with Gasteiger partial charge in [0.15, 0.2) is 6.10 Å². The number of hydrogen-bond acceptors (Lipinski definition) is 4. The molecule has 2 aromatic rings. The molecule has 0 saturated carbocycles. The second kappa shape index (κ2) is 8.89. The number of carbonyl (C=O) groups is 1. The molecule has 2 rings (SSSR count). The lowest BCUT2D eigenvalue weighted by molar-refractivity contribution is -0.127. The van der Waals surface area contributed by atoms with Gasteiger partial charge in [-0.2, -0.15) is 11.8 Å². The minimum absolute atomic E-state index is 0.129. The summed E-state index contributed by atoms with van der Waals surface area (Å²) in [6, 6.07) is 9.16. The summed E-state index contributed by atoms with van der Waals surface area (Å²) >= 11 is 7.68. The summed E-state index contributed by atoms with van der Waals surface area (Å²) in [4.78, 5) is 12.0. The van der Waals surface area contributed by atoms with Gasteiger partial charge >= 0.3 is 0 Å². The molecule has 1 aromatic carbocycles. The molecule has 0 radical (unpaired) electrons. The number of ether oxygens (including phenoxy) is 1. The van der Waals surface area contributed by atoms with Gasteiger partial charge < -0.3 is 14.5 Å². The maximum atomic E-state index is 12.0. The van der Waals surface area contributed by atoms with Crippen LogP contribution in [0.2, 0.25) is 5.02 Å². The van der Waals surface area contributed by atoms with E-state index < -0.39 is 6.10 Å². The van der Waals surface area contributed by atoms with E-state index in [4.69, 9.17) is 20.8 Å². The Bertz CT molecular complexity index is 631. The van der Waals surface area contributed by atoms with Crippen molar-refractivity contribution in [3.05, 3.63) is 52.9 Å². The number of nitrogens with one attached hydrogen (secondary N) is 1. The van der Waals surface area contributed by atoms with Gasteiger partial charge in [-0.3, -0.25) is 4.79 Å². The van der Waals surface area contributed by atoms with Gasteiger partial charge in [0.05, 0.1) is 12.0 Å². The topological polar surface area (TPSA) is 51.5 Å². The first-order valence-electron chi connectivity index (χ1n) is 7.37. The molecule has 0 aliphatic rings. The number of hydrogen-bond donors (Lipinski definition) is 1. The molecular weight excluding hydrogens is 334 g/mol. The largest absolute Gasteiger partial charge is 0.481 e. The first-order valence-corrected chi connectivity index (χ1v) is 8.90. The van der Waals surface area contributed by atoms with Crippen LogP contribution in [0.3, 0.4) is 0 Å². The van der Waals surface area contributed by atoms with E-state index in [1.54, 1.807) is 37.1 Å². The van der Waals surface area contributed by atoms with E-state index in [1.807, 2.05) is 25.1 Å². The molecule has 0 spiro atoms. The molecule has 23 heavy (non-hydrogen) atoms. The molecule has 124 valence electrons. The Morgan fingerprint density at radius 3 is 2.96 bits per heavy atom. The third-order valence-electron chi connectivity index (χ3n) is 3.18. The summed E-state index contributed by atoms with van der Waals surface area (Å²) < 4.78 is 10.9. The first-order chi connectivity index (χ1) is 11.1. The van der Waals surface area contributed by atoms with Gasteiger partial charge in [0.2, 0.25) is 0 Å². The summed E-state index contributed by atoms with van der Waals surface area (Å²) in [5.41, 5.74) is 0.922. The number of amides is 1. The van der Waals surface area contributed by atoms with E-state index in [2.05, 4.69) is 5.32 Å². The molecule has 1 N–H and O–H groups in total. The van der Waals surface area contributed by atoms with Crippen molar-refractivity contribution in [2.24, 2.45) is 0 Å². The average molecular weight is 354 g/mol. The first kappa shape index (κ1) is 17.8. The molecule has 4 nitrogen and oxygen atoms in total. The normalized spacial score (nSPS) is 12.0. The molecular formula is C17H20ClNO3S. The zero-order valence-corrected chi connectivity index (χ0v) is 14.7. The maximum absolute atomic E-state index is 12.0. The van der Waals surface area contributed by atoms with E-state index in [-0.39, 0.29) is 5.91 Å². The van der Waals surface area contributed by atoms with Gasteiger partial charge in [-0.05, 0) is 49.7 Å². The number of halogens is 1. The molecule has 0 unspecified atom stereocenters. The van der Waals surface area contributed by atoms with Crippen molar-refractivity contribution in [2.75, 3.05) is 12.3 Å². The second-order valence-corrected chi connectivity index (χ2v) is 6.61. The average Bonchev–Trinajstić information content (AvgIpc) is 3.03.